The van der Waals surface area contributed by atoms with Crippen LogP contribution in [0.4, 0.5) is 0 Å². The standard InChI is InChI=1S/C20H29NO/c1-16(2)14-21(20(22)19-11-7-8-12-19)15-17(3)13-18-9-5-4-6-10-18/h4-6,9-10,13,16,19H,7-8,11-12,14-15H2,1-3H3/b17-13+. The molecule has 0 atom stereocenters. The quantitative estimate of drug-likeness (QED) is 0.741. The van der Waals surface area contributed by atoms with Gasteiger partial charge in [0.05, 0.1) is 0 Å². The summed E-state index contributed by atoms with van der Waals surface area (Å²) in [4.78, 5) is 14.8. The van der Waals surface area contributed by atoms with Gasteiger partial charge in [-0.25, -0.2) is 0 Å². The summed E-state index contributed by atoms with van der Waals surface area (Å²) in [6.45, 7) is 8.11. The molecule has 0 bridgehead atoms. The van der Waals surface area contributed by atoms with Gasteiger partial charge in [-0.1, -0.05) is 68.7 Å². The minimum atomic E-state index is 0.267. The van der Waals surface area contributed by atoms with Gasteiger partial charge in [0.1, 0.15) is 0 Å². The molecule has 0 heterocycles. The highest BCUT2D eigenvalue weighted by atomic mass is 16.2. The average Bonchev–Trinajstić information content (AvgIpc) is 3.00. The first-order valence-corrected chi connectivity index (χ1v) is 8.57. The van der Waals surface area contributed by atoms with E-state index in [1.54, 1.807) is 0 Å². The molecule has 0 spiro atoms. The molecular weight excluding hydrogens is 270 g/mol. The summed E-state index contributed by atoms with van der Waals surface area (Å²) in [5.74, 6) is 1.14. The normalized spacial score (nSPS) is 16.3. The van der Waals surface area contributed by atoms with Gasteiger partial charge in [0.2, 0.25) is 5.91 Å². The third-order valence-corrected chi connectivity index (χ3v) is 4.25. The molecule has 1 fully saturated rings. The minimum absolute atomic E-state index is 0.267. The van der Waals surface area contributed by atoms with E-state index in [-0.39, 0.29) is 5.92 Å². The summed E-state index contributed by atoms with van der Waals surface area (Å²) in [6.07, 6.45) is 6.77. The molecule has 1 amide bonds. The van der Waals surface area contributed by atoms with Gasteiger partial charge in [-0.15, -0.1) is 0 Å². The Morgan fingerprint density at radius 1 is 1.23 bits per heavy atom. The zero-order chi connectivity index (χ0) is 15.9. The second-order valence-corrected chi connectivity index (χ2v) is 7.00. The highest BCUT2D eigenvalue weighted by Crippen LogP contribution is 2.27. The zero-order valence-electron chi connectivity index (χ0n) is 14.2. The number of carbonyl (C=O) groups is 1. The Hall–Kier alpha value is -1.57. The SMILES string of the molecule is C/C(=C\c1ccccc1)CN(CC(C)C)C(=O)C1CCCC1. The van der Waals surface area contributed by atoms with Crippen LogP contribution in [0.15, 0.2) is 35.9 Å². The Morgan fingerprint density at radius 2 is 1.86 bits per heavy atom. The fourth-order valence-electron chi connectivity index (χ4n) is 3.28. The lowest BCUT2D eigenvalue weighted by Crippen LogP contribution is -2.39. The van der Waals surface area contributed by atoms with Crippen LogP contribution in [0.3, 0.4) is 0 Å². The number of rotatable bonds is 6. The zero-order valence-corrected chi connectivity index (χ0v) is 14.2. The summed E-state index contributed by atoms with van der Waals surface area (Å²) in [5, 5.41) is 0. The summed E-state index contributed by atoms with van der Waals surface area (Å²) >= 11 is 0. The number of hydrogen-bond donors (Lipinski definition) is 0. The van der Waals surface area contributed by atoms with Crippen molar-refractivity contribution in [2.24, 2.45) is 11.8 Å². The van der Waals surface area contributed by atoms with E-state index < -0.39 is 0 Å². The van der Waals surface area contributed by atoms with E-state index in [9.17, 15) is 4.79 Å². The Morgan fingerprint density at radius 3 is 2.45 bits per heavy atom. The van der Waals surface area contributed by atoms with E-state index in [1.165, 1.54) is 24.0 Å². The van der Waals surface area contributed by atoms with Crippen molar-refractivity contribution in [1.82, 2.24) is 4.90 Å². The molecule has 0 N–H and O–H groups in total. The molecular formula is C20H29NO. The van der Waals surface area contributed by atoms with E-state index in [4.69, 9.17) is 0 Å². The summed E-state index contributed by atoms with van der Waals surface area (Å²) in [7, 11) is 0. The van der Waals surface area contributed by atoms with Gasteiger partial charge in [-0.2, -0.15) is 0 Å². The van der Waals surface area contributed by atoms with Gasteiger partial charge in [0.15, 0.2) is 0 Å². The molecule has 0 radical (unpaired) electrons. The fourth-order valence-corrected chi connectivity index (χ4v) is 3.28. The molecule has 1 aromatic rings. The molecule has 2 heteroatoms. The van der Waals surface area contributed by atoms with Crippen LogP contribution in [0.25, 0.3) is 6.08 Å². The molecule has 1 saturated carbocycles. The smallest absolute Gasteiger partial charge is 0.225 e. The first-order valence-electron chi connectivity index (χ1n) is 8.57. The molecule has 1 aliphatic rings. The summed E-state index contributed by atoms with van der Waals surface area (Å²) in [5.41, 5.74) is 2.45. The van der Waals surface area contributed by atoms with Crippen molar-refractivity contribution in [3.8, 4) is 0 Å². The summed E-state index contributed by atoms with van der Waals surface area (Å²) < 4.78 is 0. The maximum atomic E-state index is 12.8. The van der Waals surface area contributed by atoms with Crippen molar-refractivity contribution >= 4 is 12.0 Å². The number of carbonyl (C=O) groups excluding carboxylic acids is 1. The van der Waals surface area contributed by atoms with Crippen LogP contribution < -0.4 is 0 Å². The molecule has 0 saturated heterocycles. The Balaban J connectivity index is 2.05. The van der Waals surface area contributed by atoms with Crippen LogP contribution in [-0.2, 0) is 4.79 Å². The van der Waals surface area contributed by atoms with Gasteiger partial charge in [0.25, 0.3) is 0 Å². The van der Waals surface area contributed by atoms with Crippen molar-refractivity contribution in [2.75, 3.05) is 13.1 Å². The molecule has 0 aromatic heterocycles. The largest absolute Gasteiger partial charge is 0.338 e. The molecule has 0 unspecified atom stereocenters. The molecule has 2 rings (SSSR count). The monoisotopic (exact) mass is 299 g/mol. The third kappa shape index (κ3) is 5.01. The number of hydrogen-bond acceptors (Lipinski definition) is 1. The van der Waals surface area contributed by atoms with E-state index in [0.29, 0.717) is 11.8 Å². The first-order chi connectivity index (χ1) is 10.6. The van der Waals surface area contributed by atoms with Crippen molar-refractivity contribution in [3.05, 3.63) is 41.5 Å². The molecule has 1 aliphatic carbocycles. The second-order valence-electron chi connectivity index (χ2n) is 7.00. The molecule has 22 heavy (non-hydrogen) atoms. The maximum Gasteiger partial charge on any atom is 0.225 e. The van der Waals surface area contributed by atoms with Gasteiger partial charge < -0.3 is 4.90 Å². The van der Waals surface area contributed by atoms with Gasteiger partial charge in [-0.3, -0.25) is 4.79 Å². The average molecular weight is 299 g/mol. The van der Waals surface area contributed by atoms with Crippen LogP contribution in [0.1, 0.15) is 52.0 Å². The van der Waals surface area contributed by atoms with E-state index >= 15 is 0 Å². The maximum absolute atomic E-state index is 12.8. The van der Waals surface area contributed by atoms with Gasteiger partial charge in [0, 0.05) is 19.0 Å². The van der Waals surface area contributed by atoms with Crippen molar-refractivity contribution in [1.29, 1.82) is 0 Å². The third-order valence-electron chi connectivity index (χ3n) is 4.25. The topological polar surface area (TPSA) is 20.3 Å². The molecule has 120 valence electrons. The van der Waals surface area contributed by atoms with E-state index in [1.807, 2.05) is 6.07 Å². The Kier molecular flexibility index (Phi) is 6.23. The van der Waals surface area contributed by atoms with Crippen molar-refractivity contribution in [3.63, 3.8) is 0 Å². The summed E-state index contributed by atoms with van der Waals surface area (Å²) in [6, 6.07) is 10.3. The predicted octanol–water partition coefficient (Wildman–Crippen LogP) is 4.76. The van der Waals surface area contributed by atoms with Crippen LogP contribution in [0.5, 0.6) is 0 Å². The van der Waals surface area contributed by atoms with Crippen molar-refractivity contribution < 1.29 is 4.79 Å². The van der Waals surface area contributed by atoms with Crippen LogP contribution in [0.2, 0.25) is 0 Å². The lowest BCUT2D eigenvalue weighted by molar-refractivity contribution is -0.135. The number of amides is 1. The molecule has 2 nitrogen and oxygen atoms in total. The highest BCUT2D eigenvalue weighted by molar-refractivity contribution is 5.79. The molecule has 0 aliphatic heterocycles. The lowest BCUT2D eigenvalue weighted by atomic mass is 10.0. The second kappa shape index (κ2) is 8.17. The van der Waals surface area contributed by atoms with Gasteiger partial charge >= 0.3 is 0 Å². The van der Waals surface area contributed by atoms with E-state index in [2.05, 4.69) is 56.0 Å². The highest BCUT2D eigenvalue weighted by Gasteiger charge is 2.27. The Bertz CT molecular complexity index is 498. The number of nitrogens with zero attached hydrogens (tertiary/aromatic N) is 1. The first kappa shape index (κ1) is 16.8. The Labute approximate surface area is 135 Å². The van der Waals surface area contributed by atoms with E-state index in [0.717, 1.165) is 25.9 Å². The predicted molar refractivity (Wildman–Crippen MR) is 93.5 cm³/mol. The van der Waals surface area contributed by atoms with Crippen LogP contribution in [-0.4, -0.2) is 23.9 Å². The minimum Gasteiger partial charge on any atom is -0.338 e. The van der Waals surface area contributed by atoms with Crippen LogP contribution in [0, 0.1) is 11.8 Å². The van der Waals surface area contributed by atoms with Gasteiger partial charge in [-0.05, 0) is 31.2 Å². The molecule has 1 aromatic carbocycles. The fraction of sp³-hybridized carbons (Fsp3) is 0.550. The van der Waals surface area contributed by atoms with Crippen molar-refractivity contribution in [2.45, 2.75) is 46.5 Å². The lowest BCUT2D eigenvalue weighted by Gasteiger charge is -2.27. The van der Waals surface area contributed by atoms with Crippen LogP contribution >= 0.6 is 0 Å². The number of benzene rings is 1.